The molecule has 0 saturated heterocycles. The zero-order valence-electron chi connectivity index (χ0n) is 11.9. The lowest BCUT2D eigenvalue weighted by atomic mass is 9.97. The molecule has 2 aromatic heterocycles. The minimum absolute atomic E-state index is 0.0717. The third kappa shape index (κ3) is 3.30. The van der Waals surface area contributed by atoms with Crippen LogP contribution in [0.15, 0.2) is 16.7 Å². The second-order valence-electron chi connectivity index (χ2n) is 4.98. The summed E-state index contributed by atoms with van der Waals surface area (Å²) in [5, 5.41) is 11.8. The van der Waals surface area contributed by atoms with Gasteiger partial charge in [-0.25, -0.2) is 0 Å². The molecule has 0 fully saturated rings. The monoisotopic (exact) mass is 277 g/mol. The second-order valence-corrected chi connectivity index (χ2v) is 4.98. The largest absolute Gasteiger partial charge is 0.480 e. The van der Waals surface area contributed by atoms with E-state index in [4.69, 9.17) is 15.0 Å². The van der Waals surface area contributed by atoms with E-state index in [2.05, 4.69) is 34.2 Å². The van der Waals surface area contributed by atoms with Crippen LogP contribution in [0.2, 0.25) is 0 Å². The van der Waals surface area contributed by atoms with E-state index in [9.17, 15) is 0 Å². The van der Waals surface area contributed by atoms with E-state index in [0.717, 1.165) is 6.42 Å². The Morgan fingerprint density at radius 2 is 2.10 bits per heavy atom. The molecule has 0 saturated carbocycles. The second kappa shape index (κ2) is 6.42. The van der Waals surface area contributed by atoms with E-state index < -0.39 is 0 Å². The first-order valence-electron chi connectivity index (χ1n) is 6.55. The molecule has 0 amide bonds. The van der Waals surface area contributed by atoms with E-state index in [1.165, 1.54) is 7.11 Å². The Hall–Kier alpha value is -2.02. The Morgan fingerprint density at radius 1 is 1.30 bits per heavy atom. The van der Waals surface area contributed by atoms with Crippen LogP contribution in [-0.2, 0) is 0 Å². The van der Waals surface area contributed by atoms with Crippen molar-refractivity contribution in [1.82, 2.24) is 20.3 Å². The SMILES string of the molecule is COc1ccc(-c2noc(C(CN)CC(C)C)n2)nn1. The molecule has 2 rings (SSSR count). The Kier molecular flexibility index (Phi) is 4.62. The van der Waals surface area contributed by atoms with Crippen molar-refractivity contribution in [2.75, 3.05) is 13.7 Å². The summed E-state index contributed by atoms with van der Waals surface area (Å²) in [5.41, 5.74) is 6.31. The lowest BCUT2D eigenvalue weighted by molar-refractivity contribution is 0.334. The van der Waals surface area contributed by atoms with Gasteiger partial charge in [-0.2, -0.15) is 4.98 Å². The van der Waals surface area contributed by atoms with Crippen molar-refractivity contribution in [3.63, 3.8) is 0 Å². The van der Waals surface area contributed by atoms with Gasteiger partial charge in [0.1, 0.15) is 5.69 Å². The fraction of sp³-hybridized carbons (Fsp3) is 0.538. The summed E-state index contributed by atoms with van der Waals surface area (Å²) in [6.45, 7) is 4.75. The van der Waals surface area contributed by atoms with Gasteiger partial charge in [-0.05, 0) is 18.4 Å². The van der Waals surface area contributed by atoms with Gasteiger partial charge in [-0.3, -0.25) is 0 Å². The molecule has 1 unspecified atom stereocenters. The molecule has 0 bridgehead atoms. The highest BCUT2D eigenvalue weighted by molar-refractivity contribution is 5.47. The van der Waals surface area contributed by atoms with Crippen LogP contribution in [0.4, 0.5) is 0 Å². The molecule has 1 atom stereocenters. The Balaban J connectivity index is 2.18. The van der Waals surface area contributed by atoms with E-state index in [1.807, 2.05) is 0 Å². The number of hydrogen-bond acceptors (Lipinski definition) is 7. The molecule has 0 spiro atoms. The van der Waals surface area contributed by atoms with Gasteiger partial charge in [0.05, 0.1) is 13.0 Å². The summed E-state index contributed by atoms with van der Waals surface area (Å²) in [6, 6.07) is 3.44. The lowest BCUT2D eigenvalue weighted by Gasteiger charge is -2.11. The van der Waals surface area contributed by atoms with Crippen molar-refractivity contribution in [3.8, 4) is 17.4 Å². The van der Waals surface area contributed by atoms with Crippen molar-refractivity contribution in [2.45, 2.75) is 26.2 Å². The number of nitrogens with two attached hydrogens (primary N) is 1. The number of ether oxygens (including phenoxy) is 1. The fourth-order valence-electron chi connectivity index (χ4n) is 1.92. The molecule has 0 aromatic carbocycles. The normalized spacial score (nSPS) is 12.7. The molecule has 0 aliphatic carbocycles. The van der Waals surface area contributed by atoms with Gasteiger partial charge in [-0.15, -0.1) is 10.2 Å². The zero-order chi connectivity index (χ0) is 14.5. The van der Waals surface area contributed by atoms with E-state index in [-0.39, 0.29) is 5.92 Å². The first kappa shape index (κ1) is 14.4. The van der Waals surface area contributed by atoms with Crippen molar-refractivity contribution in [2.24, 2.45) is 11.7 Å². The molecular weight excluding hydrogens is 258 g/mol. The predicted molar refractivity (Wildman–Crippen MR) is 73.1 cm³/mol. The van der Waals surface area contributed by atoms with Gasteiger partial charge in [0.25, 0.3) is 0 Å². The smallest absolute Gasteiger partial charge is 0.233 e. The number of rotatable bonds is 6. The Bertz CT molecular complexity index is 538. The first-order valence-corrected chi connectivity index (χ1v) is 6.55. The van der Waals surface area contributed by atoms with Crippen LogP contribution in [-0.4, -0.2) is 34.0 Å². The molecule has 0 aliphatic heterocycles. The van der Waals surface area contributed by atoms with Crippen molar-refractivity contribution >= 4 is 0 Å². The summed E-state index contributed by atoms with van der Waals surface area (Å²) < 4.78 is 10.2. The van der Waals surface area contributed by atoms with Crippen LogP contribution >= 0.6 is 0 Å². The van der Waals surface area contributed by atoms with Gasteiger partial charge in [0.15, 0.2) is 0 Å². The lowest BCUT2D eigenvalue weighted by Crippen LogP contribution is -2.15. The minimum Gasteiger partial charge on any atom is -0.480 e. The Labute approximate surface area is 117 Å². The molecular formula is C13H19N5O2. The number of nitrogens with zero attached hydrogens (tertiary/aromatic N) is 4. The summed E-state index contributed by atoms with van der Waals surface area (Å²) >= 11 is 0. The summed E-state index contributed by atoms with van der Waals surface area (Å²) in [7, 11) is 1.54. The van der Waals surface area contributed by atoms with Crippen LogP contribution in [0.25, 0.3) is 11.5 Å². The standard InChI is InChI=1S/C13H19N5O2/c1-8(2)6-9(7-14)13-15-12(18-20-13)10-4-5-11(19-3)17-16-10/h4-5,8-9H,6-7,14H2,1-3H3. The van der Waals surface area contributed by atoms with Crippen LogP contribution in [0.1, 0.15) is 32.1 Å². The van der Waals surface area contributed by atoms with E-state index in [1.54, 1.807) is 12.1 Å². The molecule has 0 radical (unpaired) electrons. The quantitative estimate of drug-likeness (QED) is 0.856. The molecule has 2 N–H and O–H groups in total. The molecule has 7 heteroatoms. The van der Waals surface area contributed by atoms with Crippen LogP contribution in [0.5, 0.6) is 5.88 Å². The number of hydrogen-bond donors (Lipinski definition) is 1. The summed E-state index contributed by atoms with van der Waals surface area (Å²) in [5.74, 6) is 1.99. The summed E-state index contributed by atoms with van der Waals surface area (Å²) in [6.07, 6.45) is 0.909. The van der Waals surface area contributed by atoms with Gasteiger partial charge in [0.2, 0.25) is 17.6 Å². The number of methoxy groups -OCH3 is 1. The molecule has 108 valence electrons. The first-order chi connectivity index (χ1) is 9.63. The van der Waals surface area contributed by atoms with Crippen molar-refractivity contribution < 1.29 is 9.26 Å². The predicted octanol–water partition coefficient (Wildman–Crippen LogP) is 1.62. The highest BCUT2D eigenvalue weighted by Gasteiger charge is 2.20. The van der Waals surface area contributed by atoms with Gasteiger partial charge in [0, 0.05) is 12.6 Å². The summed E-state index contributed by atoms with van der Waals surface area (Å²) in [4.78, 5) is 4.36. The van der Waals surface area contributed by atoms with Crippen LogP contribution in [0, 0.1) is 5.92 Å². The molecule has 7 nitrogen and oxygen atoms in total. The van der Waals surface area contributed by atoms with E-state index in [0.29, 0.717) is 35.8 Å². The van der Waals surface area contributed by atoms with Gasteiger partial charge < -0.3 is 15.0 Å². The number of aromatic nitrogens is 4. The molecule has 2 heterocycles. The van der Waals surface area contributed by atoms with Gasteiger partial charge >= 0.3 is 0 Å². The zero-order valence-corrected chi connectivity index (χ0v) is 11.9. The highest BCUT2D eigenvalue weighted by Crippen LogP contribution is 2.23. The van der Waals surface area contributed by atoms with Crippen LogP contribution < -0.4 is 10.5 Å². The third-order valence-corrected chi connectivity index (χ3v) is 2.91. The van der Waals surface area contributed by atoms with E-state index >= 15 is 0 Å². The van der Waals surface area contributed by atoms with Crippen LogP contribution in [0.3, 0.4) is 0 Å². The maximum Gasteiger partial charge on any atom is 0.233 e. The topological polar surface area (TPSA) is 100.0 Å². The van der Waals surface area contributed by atoms with Crippen molar-refractivity contribution in [3.05, 3.63) is 18.0 Å². The average Bonchev–Trinajstić information content (AvgIpc) is 2.94. The third-order valence-electron chi connectivity index (χ3n) is 2.91. The molecule has 20 heavy (non-hydrogen) atoms. The molecule has 0 aliphatic rings. The van der Waals surface area contributed by atoms with Gasteiger partial charge in [-0.1, -0.05) is 19.0 Å². The fourth-order valence-corrected chi connectivity index (χ4v) is 1.92. The van der Waals surface area contributed by atoms with Crippen molar-refractivity contribution in [1.29, 1.82) is 0 Å². The highest BCUT2D eigenvalue weighted by atomic mass is 16.5. The maximum atomic E-state index is 5.77. The maximum absolute atomic E-state index is 5.77. The Morgan fingerprint density at radius 3 is 2.65 bits per heavy atom. The minimum atomic E-state index is 0.0717. The average molecular weight is 277 g/mol. The molecule has 2 aromatic rings.